The molecule has 0 saturated carbocycles. The van der Waals surface area contributed by atoms with Crippen molar-refractivity contribution in [1.29, 1.82) is 0 Å². The highest BCUT2D eigenvalue weighted by molar-refractivity contribution is 5.40. The van der Waals surface area contributed by atoms with Crippen LogP contribution >= 0.6 is 0 Å². The molecule has 0 aromatic heterocycles. The first-order valence-electron chi connectivity index (χ1n) is 5.18. The van der Waals surface area contributed by atoms with Crippen LogP contribution < -0.4 is 4.74 Å². The van der Waals surface area contributed by atoms with E-state index in [2.05, 4.69) is 0 Å². The Labute approximate surface area is 97.4 Å². The number of nitro groups is 1. The van der Waals surface area contributed by atoms with Crippen LogP contribution in [0.2, 0.25) is 0 Å². The van der Waals surface area contributed by atoms with Crippen LogP contribution in [-0.2, 0) is 0 Å². The number of nitrogens with zero attached hydrogens (tertiary/aromatic N) is 1. The first-order valence-corrected chi connectivity index (χ1v) is 5.18. The third kappa shape index (κ3) is 3.65. The van der Waals surface area contributed by atoms with E-state index in [1.807, 2.05) is 13.8 Å². The maximum Gasteiger partial charge on any atom is 0.308 e. The summed E-state index contributed by atoms with van der Waals surface area (Å²) in [5.74, 6) is -2.06. The fourth-order valence-electron chi connectivity index (χ4n) is 1.17. The summed E-state index contributed by atoms with van der Waals surface area (Å²) < 4.78 is 31.3. The Hall–Kier alpha value is -1.72. The predicted molar refractivity (Wildman–Crippen MR) is 58.0 cm³/mol. The average Bonchev–Trinajstić information content (AvgIpc) is 2.20. The van der Waals surface area contributed by atoms with E-state index in [0.29, 0.717) is 18.4 Å². The van der Waals surface area contributed by atoms with Crippen molar-refractivity contribution in [1.82, 2.24) is 0 Å². The number of benzene rings is 1. The zero-order valence-corrected chi connectivity index (χ0v) is 9.57. The van der Waals surface area contributed by atoms with Crippen LogP contribution in [-0.4, -0.2) is 11.5 Å². The van der Waals surface area contributed by atoms with E-state index >= 15 is 0 Å². The molecule has 17 heavy (non-hydrogen) atoms. The van der Waals surface area contributed by atoms with Crippen molar-refractivity contribution in [2.45, 2.75) is 20.3 Å². The third-order valence-electron chi connectivity index (χ3n) is 2.15. The molecule has 94 valence electrons. The molecule has 0 spiro atoms. The quantitative estimate of drug-likeness (QED) is 0.590. The van der Waals surface area contributed by atoms with Gasteiger partial charge in [0.25, 0.3) is 0 Å². The lowest BCUT2D eigenvalue weighted by molar-refractivity contribution is -0.387. The van der Waals surface area contributed by atoms with Crippen molar-refractivity contribution < 1.29 is 18.4 Å². The summed E-state index contributed by atoms with van der Waals surface area (Å²) in [4.78, 5) is 9.54. The minimum atomic E-state index is -1.20. The standard InChI is InChI=1S/C11H13F2NO3/c1-7(2)3-4-17-11-6-10(14(15)16)8(12)5-9(11)13/h5-7H,3-4H2,1-2H3. The van der Waals surface area contributed by atoms with Gasteiger partial charge in [-0.25, -0.2) is 4.39 Å². The van der Waals surface area contributed by atoms with E-state index in [4.69, 9.17) is 4.74 Å². The van der Waals surface area contributed by atoms with Gasteiger partial charge in [0.1, 0.15) is 0 Å². The number of hydrogen-bond donors (Lipinski definition) is 0. The fraction of sp³-hybridized carbons (Fsp3) is 0.455. The molecule has 6 heteroatoms. The van der Waals surface area contributed by atoms with E-state index in [9.17, 15) is 18.9 Å². The van der Waals surface area contributed by atoms with Gasteiger partial charge < -0.3 is 4.74 Å². The molecule has 0 N–H and O–H groups in total. The Morgan fingerprint density at radius 2 is 2.00 bits per heavy atom. The molecule has 0 heterocycles. The second-order valence-electron chi connectivity index (χ2n) is 4.02. The van der Waals surface area contributed by atoms with Crippen LogP contribution in [0.15, 0.2) is 12.1 Å². The summed E-state index contributed by atoms with van der Waals surface area (Å²) in [6.45, 7) is 4.16. The first-order chi connectivity index (χ1) is 7.91. The minimum absolute atomic E-state index is 0.234. The molecule has 0 amide bonds. The SMILES string of the molecule is CC(C)CCOc1cc([N+](=O)[O-])c(F)cc1F. The summed E-state index contributed by atoms with van der Waals surface area (Å²) in [5.41, 5.74) is -0.786. The molecule has 0 bridgehead atoms. The lowest BCUT2D eigenvalue weighted by atomic mass is 10.1. The molecule has 0 unspecified atom stereocenters. The highest BCUT2D eigenvalue weighted by Gasteiger charge is 2.19. The number of hydrogen-bond acceptors (Lipinski definition) is 3. The molecular weight excluding hydrogens is 232 g/mol. The Morgan fingerprint density at radius 3 is 2.53 bits per heavy atom. The topological polar surface area (TPSA) is 52.4 Å². The fourth-order valence-corrected chi connectivity index (χ4v) is 1.17. The van der Waals surface area contributed by atoms with Crippen molar-refractivity contribution in [3.8, 4) is 5.75 Å². The van der Waals surface area contributed by atoms with Crippen molar-refractivity contribution in [2.75, 3.05) is 6.61 Å². The summed E-state index contributed by atoms with van der Waals surface area (Å²) in [6.07, 6.45) is 0.685. The average molecular weight is 245 g/mol. The molecule has 0 aliphatic rings. The van der Waals surface area contributed by atoms with Gasteiger partial charge in [-0.1, -0.05) is 13.8 Å². The summed E-state index contributed by atoms with van der Waals surface area (Å²) in [6, 6.07) is 1.23. The van der Waals surface area contributed by atoms with Gasteiger partial charge in [0.05, 0.1) is 17.6 Å². The molecule has 0 radical (unpaired) electrons. The van der Waals surface area contributed by atoms with Gasteiger partial charge in [-0.2, -0.15) is 4.39 Å². The molecule has 1 rings (SSSR count). The Balaban J connectivity index is 2.84. The van der Waals surface area contributed by atoms with E-state index < -0.39 is 22.2 Å². The number of rotatable bonds is 5. The van der Waals surface area contributed by atoms with Crippen LogP contribution in [0.25, 0.3) is 0 Å². The van der Waals surface area contributed by atoms with Gasteiger partial charge in [0, 0.05) is 6.07 Å². The molecule has 0 fully saturated rings. The number of nitro benzene ring substituents is 1. The summed E-state index contributed by atoms with van der Waals surface area (Å²) >= 11 is 0. The highest BCUT2D eigenvalue weighted by atomic mass is 19.1. The van der Waals surface area contributed by atoms with Crippen molar-refractivity contribution in [3.63, 3.8) is 0 Å². The third-order valence-corrected chi connectivity index (χ3v) is 2.15. The zero-order chi connectivity index (χ0) is 13.0. The molecule has 1 aromatic carbocycles. The van der Waals surface area contributed by atoms with Crippen LogP contribution in [0.5, 0.6) is 5.75 Å². The number of halogens is 2. The van der Waals surface area contributed by atoms with E-state index in [1.54, 1.807) is 0 Å². The lowest BCUT2D eigenvalue weighted by Crippen LogP contribution is -2.04. The normalized spacial score (nSPS) is 10.6. The Morgan fingerprint density at radius 1 is 1.35 bits per heavy atom. The summed E-state index contributed by atoms with van der Waals surface area (Å²) in [7, 11) is 0. The van der Waals surface area contributed by atoms with Crippen molar-refractivity contribution in [3.05, 3.63) is 33.9 Å². The van der Waals surface area contributed by atoms with Gasteiger partial charge >= 0.3 is 5.69 Å². The van der Waals surface area contributed by atoms with Crippen LogP contribution in [0, 0.1) is 27.7 Å². The van der Waals surface area contributed by atoms with Crippen LogP contribution in [0.1, 0.15) is 20.3 Å². The highest BCUT2D eigenvalue weighted by Crippen LogP contribution is 2.27. The zero-order valence-electron chi connectivity index (χ0n) is 9.57. The van der Waals surface area contributed by atoms with Crippen LogP contribution in [0.4, 0.5) is 14.5 Å². The van der Waals surface area contributed by atoms with Gasteiger partial charge in [0.2, 0.25) is 5.82 Å². The molecule has 4 nitrogen and oxygen atoms in total. The van der Waals surface area contributed by atoms with E-state index in [-0.39, 0.29) is 12.4 Å². The molecule has 0 aliphatic heterocycles. The van der Waals surface area contributed by atoms with Crippen LogP contribution in [0.3, 0.4) is 0 Å². The van der Waals surface area contributed by atoms with Gasteiger partial charge in [-0.15, -0.1) is 0 Å². The predicted octanol–water partition coefficient (Wildman–Crippen LogP) is 3.30. The molecule has 1 aromatic rings. The first kappa shape index (κ1) is 13.3. The van der Waals surface area contributed by atoms with Gasteiger partial charge in [0.15, 0.2) is 11.6 Å². The molecule has 0 atom stereocenters. The van der Waals surface area contributed by atoms with Crippen molar-refractivity contribution in [2.24, 2.45) is 5.92 Å². The van der Waals surface area contributed by atoms with Gasteiger partial charge in [-0.3, -0.25) is 10.1 Å². The second kappa shape index (κ2) is 5.56. The van der Waals surface area contributed by atoms with Crippen molar-refractivity contribution >= 4 is 5.69 Å². The van der Waals surface area contributed by atoms with Gasteiger partial charge in [-0.05, 0) is 12.3 Å². The molecule has 0 aliphatic carbocycles. The maximum absolute atomic E-state index is 13.2. The largest absolute Gasteiger partial charge is 0.490 e. The number of ether oxygens (including phenoxy) is 1. The Kier molecular flexibility index (Phi) is 4.37. The molecular formula is C11H13F2NO3. The monoisotopic (exact) mass is 245 g/mol. The maximum atomic E-state index is 13.2. The Bertz CT molecular complexity index is 421. The lowest BCUT2D eigenvalue weighted by Gasteiger charge is -2.08. The molecule has 0 saturated heterocycles. The minimum Gasteiger partial charge on any atom is -0.490 e. The smallest absolute Gasteiger partial charge is 0.308 e. The second-order valence-corrected chi connectivity index (χ2v) is 4.02. The summed E-state index contributed by atoms with van der Waals surface area (Å²) in [5, 5.41) is 10.5. The van der Waals surface area contributed by atoms with E-state index in [1.165, 1.54) is 0 Å². The van der Waals surface area contributed by atoms with E-state index in [0.717, 1.165) is 6.07 Å².